The van der Waals surface area contributed by atoms with Crippen LogP contribution in [0.4, 0.5) is 5.69 Å². The van der Waals surface area contributed by atoms with Crippen molar-refractivity contribution < 1.29 is 14.3 Å². The first-order valence-corrected chi connectivity index (χ1v) is 11.5. The molecule has 31 heavy (non-hydrogen) atoms. The summed E-state index contributed by atoms with van der Waals surface area (Å²) < 4.78 is 12.3. The quantitative estimate of drug-likeness (QED) is 0.297. The maximum Gasteiger partial charge on any atom is 0.262 e. The number of unbranched alkanes of at least 4 members (excludes halogenated alkanes) is 3. The van der Waals surface area contributed by atoms with Gasteiger partial charge < -0.3 is 14.8 Å². The summed E-state index contributed by atoms with van der Waals surface area (Å²) in [6, 6.07) is 23.4. The molecule has 3 rings (SSSR count). The summed E-state index contributed by atoms with van der Waals surface area (Å²) in [5.74, 6) is 1.16. The Labute approximate surface area is 192 Å². The van der Waals surface area contributed by atoms with Crippen LogP contribution in [0.2, 0.25) is 0 Å². The molecule has 0 bridgehead atoms. The number of benzene rings is 3. The van der Waals surface area contributed by atoms with Gasteiger partial charge in [0.2, 0.25) is 0 Å². The number of nitrogens with one attached hydrogen (secondary N) is 1. The van der Waals surface area contributed by atoms with Gasteiger partial charge in [-0.15, -0.1) is 0 Å². The van der Waals surface area contributed by atoms with Crippen LogP contribution < -0.4 is 14.8 Å². The van der Waals surface area contributed by atoms with Gasteiger partial charge in [-0.2, -0.15) is 0 Å². The highest BCUT2D eigenvalue weighted by Crippen LogP contribution is 2.30. The zero-order valence-corrected chi connectivity index (χ0v) is 19.4. The molecule has 3 aromatic rings. The van der Waals surface area contributed by atoms with Gasteiger partial charge in [0.1, 0.15) is 11.5 Å². The molecule has 0 radical (unpaired) electrons. The number of carbonyl (C=O) groups is 1. The van der Waals surface area contributed by atoms with Crippen molar-refractivity contribution in [2.24, 2.45) is 0 Å². The monoisotopic (exact) mass is 481 g/mol. The van der Waals surface area contributed by atoms with Crippen LogP contribution in [0.5, 0.6) is 11.5 Å². The van der Waals surface area contributed by atoms with E-state index in [1.54, 1.807) is 0 Å². The van der Waals surface area contributed by atoms with Crippen molar-refractivity contribution in [3.05, 3.63) is 77.3 Å². The van der Waals surface area contributed by atoms with Gasteiger partial charge in [0, 0.05) is 11.8 Å². The predicted molar refractivity (Wildman–Crippen MR) is 130 cm³/mol. The Balaban J connectivity index is 1.49. The molecule has 1 amide bonds. The molecule has 0 aliphatic carbocycles. The average molecular weight is 482 g/mol. The summed E-state index contributed by atoms with van der Waals surface area (Å²) in [5, 5.41) is 2.86. The van der Waals surface area contributed by atoms with E-state index < -0.39 is 0 Å². The molecular weight excluding hydrogens is 454 g/mol. The molecule has 0 heterocycles. The van der Waals surface area contributed by atoms with Crippen molar-refractivity contribution in [2.75, 3.05) is 18.5 Å². The Morgan fingerprint density at radius 1 is 0.871 bits per heavy atom. The number of anilines is 1. The molecule has 1 N–H and O–H groups in total. The van der Waals surface area contributed by atoms with Crippen molar-refractivity contribution in [1.82, 2.24) is 0 Å². The highest BCUT2D eigenvalue weighted by Gasteiger charge is 2.08. The fourth-order valence-electron chi connectivity index (χ4n) is 3.15. The first-order valence-electron chi connectivity index (χ1n) is 10.7. The Morgan fingerprint density at radius 3 is 2.48 bits per heavy atom. The third-order valence-corrected chi connectivity index (χ3v) is 5.40. The lowest BCUT2D eigenvalue weighted by molar-refractivity contribution is -0.118. The number of amides is 1. The smallest absolute Gasteiger partial charge is 0.262 e. The van der Waals surface area contributed by atoms with Crippen LogP contribution in [0, 0.1) is 0 Å². The van der Waals surface area contributed by atoms with Crippen LogP contribution in [0.1, 0.15) is 32.6 Å². The Bertz CT molecular complexity index is 975. The predicted octanol–water partition coefficient (Wildman–Crippen LogP) is 7.09. The van der Waals surface area contributed by atoms with E-state index in [2.05, 4.69) is 40.3 Å². The summed E-state index contributed by atoms with van der Waals surface area (Å²) in [5.41, 5.74) is 2.90. The lowest BCUT2D eigenvalue weighted by atomic mass is 10.1. The highest BCUT2D eigenvalue weighted by molar-refractivity contribution is 9.10. The standard InChI is InChI=1S/C26H28BrNO3/c1-2-3-4-8-16-30-23-13-9-12-22(18-23)28-26(29)19-31-25-15-14-21(17-24(25)27)20-10-6-5-7-11-20/h5-7,9-15,17-18H,2-4,8,16,19H2,1H3,(H,28,29). The van der Waals surface area contributed by atoms with Gasteiger partial charge in [0.15, 0.2) is 6.61 Å². The highest BCUT2D eigenvalue weighted by atomic mass is 79.9. The van der Waals surface area contributed by atoms with Gasteiger partial charge >= 0.3 is 0 Å². The summed E-state index contributed by atoms with van der Waals surface area (Å²) >= 11 is 3.54. The second kappa shape index (κ2) is 12.2. The lowest BCUT2D eigenvalue weighted by Gasteiger charge is -2.11. The van der Waals surface area contributed by atoms with Crippen LogP contribution in [-0.2, 0) is 4.79 Å². The number of hydrogen-bond acceptors (Lipinski definition) is 3. The Hall–Kier alpha value is -2.79. The SMILES string of the molecule is CCCCCCOc1cccc(NC(=O)COc2ccc(-c3ccccc3)cc2Br)c1. The third kappa shape index (κ3) is 7.44. The molecule has 4 nitrogen and oxygen atoms in total. The number of ether oxygens (including phenoxy) is 2. The molecular formula is C26H28BrNO3. The van der Waals surface area contributed by atoms with E-state index in [0.717, 1.165) is 27.8 Å². The first-order chi connectivity index (χ1) is 15.2. The second-order valence-corrected chi connectivity index (χ2v) is 8.14. The van der Waals surface area contributed by atoms with Crippen LogP contribution >= 0.6 is 15.9 Å². The van der Waals surface area contributed by atoms with E-state index >= 15 is 0 Å². The Kier molecular flexibility index (Phi) is 8.98. The molecule has 0 saturated heterocycles. The molecule has 3 aromatic carbocycles. The van der Waals surface area contributed by atoms with E-state index in [1.165, 1.54) is 19.3 Å². The third-order valence-electron chi connectivity index (χ3n) is 4.78. The fraction of sp³-hybridized carbons (Fsp3) is 0.269. The molecule has 0 unspecified atom stereocenters. The van der Waals surface area contributed by atoms with Crippen molar-refractivity contribution in [2.45, 2.75) is 32.6 Å². The summed E-state index contributed by atoms with van der Waals surface area (Å²) in [6.45, 7) is 2.80. The number of halogens is 1. The van der Waals surface area contributed by atoms with Gasteiger partial charge in [-0.05, 0) is 57.7 Å². The molecule has 0 aromatic heterocycles. The van der Waals surface area contributed by atoms with Gasteiger partial charge in [-0.25, -0.2) is 0 Å². The molecule has 0 aliphatic heterocycles. The van der Waals surface area contributed by atoms with Gasteiger partial charge in [0.25, 0.3) is 5.91 Å². The van der Waals surface area contributed by atoms with Crippen LogP contribution in [0.15, 0.2) is 77.3 Å². The minimum absolute atomic E-state index is 0.0780. The van der Waals surface area contributed by atoms with Gasteiger partial charge in [-0.3, -0.25) is 4.79 Å². The number of rotatable bonds is 11. The van der Waals surface area contributed by atoms with Gasteiger partial charge in [-0.1, -0.05) is 68.7 Å². The second-order valence-electron chi connectivity index (χ2n) is 7.29. The van der Waals surface area contributed by atoms with Crippen LogP contribution in [-0.4, -0.2) is 19.1 Å². The topological polar surface area (TPSA) is 47.6 Å². The number of hydrogen-bond donors (Lipinski definition) is 1. The zero-order chi connectivity index (χ0) is 21.9. The molecule has 0 aliphatic rings. The van der Waals surface area contributed by atoms with E-state index in [4.69, 9.17) is 9.47 Å². The van der Waals surface area contributed by atoms with Crippen molar-refractivity contribution in [3.8, 4) is 22.6 Å². The molecule has 5 heteroatoms. The summed E-state index contributed by atoms with van der Waals surface area (Å²) in [4.78, 5) is 12.3. The maximum absolute atomic E-state index is 12.3. The van der Waals surface area contributed by atoms with Crippen molar-refractivity contribution in [3.63, 3.8) is 0 Å². The summed E-state index contributed by atoms with van der Waals surface area (Å²) in [6.07, 6.45) is 4.64. The van der Waals surface area contributed by atoms with Crippen LogP contribution in [0.3, 0.4) is 0 Å². The minimum atomic E-state index is -0.223. The van der Waals surface area contributed by atoms with E-state index in [1.807, 2.05) is 60.7 Å². The molecule has 0 spiro atoms. The average Bonchev–Trinajstić information content (AvgIpc) is 2.79. The van der Waals surface area contributed by atoms with E-state index in [-0.39, 0.29) is 12.5 Å². The zero-order valence-electron chi connectivity index (χ0n) is 17.8. The summed E-state index contributed by atoms with van der Waals surface area (Å²) in [7, 11) is 0. The van der Waals surface area contributed by atoms with Crippen LogP contribution in [0.25, 0.3) is 11.1 Å². The molecule has 0 atom stereocenters. The molecule has 0 fully saturated rings. The molecule has 162 valence electrons. The van der Waals surface area contributed by atoms with E-state index in [9.17, 15) is 4.79 Å². The first kappa shape index (κ1) is 22.9. The molecule has 0 saturated carbocycles. The minimum Gasteiger partial charge on any atom is -0.494 e. The lowest BCUT2D eigenvalue weighted by Crippen LogP contribution is -2.20. The van der Waals surface area contributed by atoms with Gasteiger partial charge in [0.05, 0.1) is 11.1 Å². The Morgan fingerprint density at radius 2 is 1.71 bits per heavy atom. The number of carbonyl (C=O) groups excluding carboxylic acids is 1. The largest absolute Gasteiger partial charge is 0.494 e. The van der Waals surface area contributed by atoms with Crippen molar-refractivity contribution in [1.29, 1.82) is 0 Å². The fourth-order valence-corrected chi connectivity index (χ4v) is 3.64. The maximum atomic E-state index is 12.3. The normalized spacial score (nSPS) is 10.5. The van der Waals surface area contributed by atoms with E-state index in [0.29, 0.717) is 18.0 Å². The van der Waals surface area contributed by atoms with Crippen molar-refractivity contribution >= 4 is 27.5 Å².